The Morgan fingerprint density at radius 2 is 1.96 bits per heavy atom. The summed E-state index contributed by atoms with van der Waals surface area (Å²) in [5, 5.41) is 2.83. The number of aldehydes is 1. The minimum atomic E-state index is -0.0579. The zero-order valence-electron chi connectivity index (χ0n) is 12.7. The molecule has 1 amide bonds. The highest BCUT2D eigenvalue weighted by Gasteiger charge is 2.20. The monoisotopic (exact) mass is 318 g/mol. The van der Waals surface area contributed by atoms with Crippen LogP contribution in [0.15, 0.2) is 42.6 Å². The van der Waals surface area contributed by atoms with Crippen LogP contribution in [0.25, 0.3) is 22.8 Å². The van der Waals surface area contributed by atoms with E-state index in [1.165, 1.54) is 0 Å². The van der Waals surface area contributed by atoms with Gasteiger partial charge in [0.25, 0.3) is 5.91 Å². The second-order valence-corrected chi connectivity index (χ2v) is 5.59. The van der Waals surface area contributed by atoms with Crippen LogP contribution in [0.3, 0.4) is 0 Å². The second kappa shape index (κ2) is 5.73. The van der Waals surface area contributed by atoms with Gasteiger partial charge in [0, 0.05) is 36.0 Å². The third-order valence-corrected chi connectivity index (χ3v) is 4.04. The number of rotatable bonds is 3. The predicted octanol–water partition coefficient (Wildman–Crippen LogP) is 2.24. The van der Waals surface area contributed by atoms with Crippen molar-refractivity contribution in [1.82, 2.24) is 20.3 Å². The summed E-state index contributed by atoms with van der Waals surface area (Å²) in [6, 6.07) is 10.7. The summed E-state index contributed by atoms with van der Waals surface area (Å²) in [6.07, 6.45) is 3.27. The van der Waals surface area contributed by atoms with Crippen LogP contribution in [0, 0.1) is 0 Å². The van der Waals surface area contributed by atoms with E-state index in [1.54, 1.807) is 24.4 Å². The summed E-state index contributed by atoms with van der Waals surface area (Å²) in [7, 11) is 0. The van der Waals surface area contributed by atoms with E-state index in [9.17, 15) is 9.59 Å². The summed E-state index contributed by atoms with van der Waals surface area (Å²) >= 11 is 0. The molecule has 0 spiro atoms. The number of carbonyl (C=O) groups excluding carboxylic acids is 2. The van der Waals surface area contributed by atoms with E-state index in [4.69, 9.17) is 0 Å². The number of aromatic nitrogens is 3. The summed E-state index contributed by atoms with van der Waals surface area (Å²) in [4.78, 5) is 34.8. The second-order valence-electron chi connectivity index (χ2n) is 5.59. The molecule has 0 atom stereocenters. The van der Waals surface area contributed by atoms with Crippen molar-refractivity contribution in [2.24, 2.45) is 0 Å². The van der Waals surface area contributed by atoms with Gasteiger partial charge in [0.2, 0.25) is 0 Å². The summed E-state index contributed by atoms with van der Waals surface area (Å²) in [5.41, 5.74) is 4.57. The third kappa shape index (κ3) is 2.48. The van der Waals surface area contributed by atoms with Crippen molar-refractivity contribution in [1.29, 1.82) is 0 Å². The lowest BCUT2D eigenvalue weighted by atomic mass is 10.1. The maximum Gasteiger partial charge on any atom is 0.253 e. The molecule has 1 aromatic carbocycles. The molecule has 0 bridgehead atoms. The van der Waals surface area contributed by atoms with E-state index < -0.39 is 0 Å². The van der Waals surface area contributed by atoms with Crippen LogP contribution in [0.5, 0.6) is 0 Å². The lowest BCUT2D eigenvalue weighted by molar-refractivity contribution is 0.0945. The summed E-state index contributed by atoms with van der Waals surface area (Å²) < 4.78 is 0. The molecular formula is C18H14N4O2. The number of nitrogens with one attached hydrogen (secondary N) is 2. The SMILES string of the molecule is O=Cc1ccc(-c2nccc(-c3cc4c([nH]3)CCNC4=O)n2)cc1. The molecule has 2 N–H and O–H groups in total. The molecule has 24 heavy (non-hydrogen) atoms. The van der Waals surface area contributed by atoms with Gasteiger partial charge in [0.05, 0.1) is 17.0 Å². The third-order valence-electron chi connectivity index (χ3n) is 4.04. The van der Waals surface area contributed by atoms with Gasteiger partial charge in [-0.2, -0.15) is 0 Å². The van der Waals surface area contributed by atoms with Crippen LogP contribution in [0.1, 0.15) is 26.4 Å². The van der Waals surface area contributed by atoms with Crippen molar-refractivity contribution >= 4 is 12.2 Å². The van der Waals surface area contributed by atoms with Gasteiger partial charge < -0.3 is 10.3 Å². The fraction of sp³-hybridized carbons (Fsp3) is 0.111. The van der Waals surface area contributed by atoms with Gasteiger partial charge in [-0.1, -0.05) is 24.3 Å². The van der Waals surface area contributed by atoms with E-state index in [-0.39, 0.29) is 5.91 Å². The van der Waals surface area contributed by atoms with E-state index in [2.05, 4.69) is 20.3 Å². The highest BCUT2D eigenvalue weighted by atomic mass is 16.1. The molecule has 0 saturated heterocycles. The van der Waals surface area contributed by atoms with Crippen LogP contribution in [-0.4, -0.2) is 33.7 Å². The molecule has 0 aliphatic carbocycles. The summed E-state index contributed by atoms with van der Waals surface area (Å²) in [5.74, 6) is 0.513. The Kier molecular flexibility index (Phi) is 3.42. The molecule has 2 aromatic heterocycles. The Hall–Kier alpha value is -3.28. The average molecular weight is 318 g/mol. The number of carbonyl (C=O) groups is 2. The Bertz CT molecular complexity index is 928. The molecule has 0 saturated carbocycles. The first-order valence-corrected chi connectivity index (χ1v) is 7.64. The van der Waals surface area contributed by atoms with Crippen LogP contribution in [-0.2, 0) is 6.42 Å². The average Bonchev–Trinajstić information content (AvgIpc) is 3.08. The number of fused-ring (bicyclic) bond motifs is 1. The number of benzene rings is 1. The molecule has 1 aliphatic heterocycles. The number of nitrogens with zero attached hydrogens (tertiary/aromatic N) is 2. The van der Waals surface area contributed by atoms with Crippen LogP contribution < -0.4 is 5.32 Å². The van der Waals surface area contributed by atoms with Crippen LogP contribution >= 0.6 is 0 Å². The normalized spacial score (nSPS) is 13.2. The van der Waals surface area contributed by atoms with Crippen molar-refractivity contribution in [3.63, 3.8) is 0 Å². The minimum Gasteiger partial charge on any atom is -0.356 e. The fourth-order valence-corrected chi connectivity index (χ4v) is 2.79. The smallest absolute Gasteiger partial charge is 0.253 e. The molecule has 118 valence electrons. The van der Waals surface area contributed by atoms with Crippen molar-refractivity contribution in [2.45, 2.75) is 6.42 Å². The Labute approximate surface area is 138 Å². The van der Waals surface area contributed by atoms with Crippen LogP contribution in [0.4, 0.5) is 0 Å². The van der Waals surface area contributed by atoms with Gasteiger partial charge >= 0.3 is 0 Å². The van der Waals surface area contributed by atoms with E-state index in [1.807, 2.05) is 18.2 Å². The molecule has 1 aliphatic rings. The van der Waals surface area contributed by atoms with Gasteiger partial charge in [-0.15, -0.1) is 0 Å². The fourth-order valence-electron chi connectivity index (χ4n) is 2.79. The topological polar surface area (TPSA) is 87.7 Å². The van der Waals surface area contributed by atoms with Crippen molar-refractivity contribution < 1.29 is 9.59 Å². The Morgan fingerprint density at radius 1 is 1.12 bits per heavy atom. The molecule has 0 unspecified atom stereocenters. The number of hydrogen-bond acceptors (Lipinski definition) is 4. The molecule has 6 nitrogen and oxygen atoms in total. The quantitative estimate of drug-likeness (QED) is 0.725. The van der Waals surface area contributed by atoms with Crippen molar-refractivity contribution in [2.75, 3.05) is 6.54 Å². The minimum absolute atomic E-state index is 0.0579. The first kappa shape index (κ1) is 14.3. The van der Waals surface area contributed by atoms with Gasteiger partial charge in [0.15, 0.2) is 5.82 Å². The van der Waals surface area contributed by atoms with E-state index >= 15 is 0 Å². The van der Waals surface area contributed by atoms with Gasteiger partial charge in [-0.25, -0.2) is 9.97 Å². The molecule has 4 rings (SSSR count). The number of aromatic amines is 1. The lowest BCUT2D eigenvalue weighted by Crippen LogP contribution is -2.31. The van der Waals surface area contributed by atoms with Gasteiger partial charge in [0.1, 0.15) is 6.29 Å². The summed E-state index contributed by atoms with van der Waals surface area (Å²) in [6.45, 7) is 0.643. The standard InChI is InChI=1S/C18H14N4O2/c23-10-11-1-3-12(4-2-11)17-19-7-6-15(22-17)16-9-13-14(21-16)5-8-20-18(13)24/h1-4,6-7,9-10,21H,5,8H2,(H,20,24). The van der Waals surface area contributed by atoms with Crippen molar-refractivity contribution in [3.05, 3.63) is 59.4 Å². The Balaban J connectivity index is 1.72. The van der Waals surface area contributed by atoms with Crippen molar-refractivity contribution in [3.8, 4) is 22.8 Å². The Morgan fingerprint density at radius 3 is 2.71 bits per heavy atom. The highest BCUT2D eigenvalue weighted by Crippen LogP contribution is 2.24. The van der Waals surface area contributed by atoms with Crippen LogP contribution in [0.2, 0.25) is 0 Å². The zero-order valence-corrected chi connectivity index (χ0v) is 12.7. The first-order valence-electron chi connectivity index (χ1n) is 7.64. The largest absolute Gasteiger partial charge is 0.356 e. The number of H-pyrrole nitrogens is 1. The van der Waals surface area contributed by atoms with E-state index in [0.29, 0.717) is 23.5 Å². The molecule has 0 fully saturated rings. The molecule has 3 aromatic rings. The number of hydrogen-bond donors (Lipinski definition) is 2. The zero-order chi connectivity index (χ0) is 16.5. The molecule has 3 heterocycles. The first-order chi connectivity index (χ1) is 11.7. The van der Waals surface area contributed by atoms with E-state index in [0.717, 1.165) is 35.4 Å². The van der Waals surface area contributed by atoms with Gasteiger partial charge in [-0.05, 0) is 12.1 Å². The van der Waals surface area contributed by atoms with Gasteiger partial charge in [-0.3, -0.25) is 9.59 Å². The maximum atomic E-state index is 11.9. The molecule has 0 radical (unpaired) electrons. The molecule has 6 heteroatoms. The lowest BCUT2D eigenvalue weighted by Gasteiger charge is -2.10. The number of amides is 1. The maximum absolute atomic E-state index is 11.9. The predicted molar refractivity (Wildman–Crippen MR) is 88.7 cm³/mol. The highest BCUT2D eigenvalue weighted by molar-refractivity contribution is 5.97. The molecular weight excluding hydrogens is 304 g/mol.